The van der Waals surface area contributed by atoms with Gasteiger partial charge in [-0.15, -0.1) is 0 Å². The summed E-state index contributed by atoms with van der Waals surface area (Å²) in [6.07, 6.45) is 0.981. The molecular formula is C30H34O6. The Morgan fingerprint density at radius 3 is 2.50 bits per heavy atom. The van der Waals surface area contributed by atoms with E-state index in [-0.39, 0.29) is 12.5 Å². The Morgan fingerprint density at radius 2 is 1.81 bits per heavy atom. The van der Waals surface area contributed by atoms with Gasteiger partial charge in [-0.25, -0.2) is 9.59 Å². The van der Waals surface area contributed by atoms with E-state index >= 15 is 0 Å². The van der Waals surface area contributed by atoms with Gasteiger partial charge in [0.1, 0.15) is 12.7 Å². The van der Waals surface area contributed by atoms with Gasteiger partial charge in [0, 0.05) is 11.5 Å². The molecule has 1 N–H and O–H groups in total. The van der Waals surface area contributed by atoms with Crippen molar-refractivity contribution in [2.24, 2.45) is 11.8 Å². The lowest BCUT2D eigenvalue weighted by Crippen LogP contribution is -2.39. The zero-order chi connectivity index (χ0) is 25.7. The lowest BCUT2D eigenvalue weighted by atomic mass is 9.81. The van der Waals surface area contributed by atoms with Crippen LogP contribution in [0.5, 0.6) is 0 Å². The maximum absolute atomic E-state index is 13.3. The third-order valence-corrected chi connectivity index (χ3v) is 7.17. The van der Waals surface area contributed by atoms with Gasteiger partial charge >= 0.3 is 11.9 Å². The van der Waals surface area contributed by atoms with E-state index in [1.165, 1.54) is 0 Å². The topological polar surface area (TPSA) is 82.1 Å². The highest BCUT2D eigenvalue weighted by molar-refractivity contribution is 5.90. The van der Waals surface area contributed by atoms with E-state index < -0.39 is 42.3 Å². The Labute approximate surface area is 212 Å². The molecule has 6 atom stereocenters. The molecule has 36 heavy (non-hydrogen) atoms. The molecule has 1 saturated heterocycles. The van der Waals surface area contributed by atoms with Crippen molar-refractivity contribution in [3.8, 4) is 0 Å². The first kappa shape index (κ1) is 25.9. The number of hydrogen-bond donors (Lipinski definition) is 1. The predicted octanol–water partition coefficient (Wildman–Crippen LogP) is 5.08. The van der Waals surface area contributed by atoms with Gasteiger partial charge in [0.2, 0.25) is 0 Å². The van der Waals surface area contributed by atoms with Gasteiger partial charge in [-0.05, 0) is 48.8 Å². The van der Waals surface area contributed by atoms with Crippen molar-refractivity contribution in [3.05, 3.63) is 95.6 Å². The number of carbonyl (C=O) groups is 2. The quantitative estimate of drug-likeness (QED) is 0.345. The van der Waals surface area contributed by atoms with Crippen molar-refractivity contribution in [2.45, 2.75) is 64.1 Å². The summed E-state index contributed by atoms with van der Waals surface area (Å²) in [7, 11) is 0. The summed E-state index contributed by atoms with van der Waals surface area (Å²) in [5.74, 6) is -1.43. The fourth-order valence-electron chi connectivity index (χ4n) is 4.86. The van der Waals surface area contributed by atoms with E-state index in [1.807, 2.05) is 74.5 Å². The fraction of sp³-hybridized carbons (Fsp3) is 0.400. The molecule has 1 heterocycles. The maximum atomic E-state index is 13.3. The second-order valence-corrected chi connectivity index (χ2v) is 9.74. The molecule has 0 spiro atoms. The van der Waals surface area contributed by atoms with E-state index in [0.29, 0.717) is 17.6 Å². The van der Waals surface area contributed by atoms with Crippen LogP contribution in [-0.2, 0) is 30.4 Å². The lowest BCUT2D eigenvalue weighted by Gasteiger charge is -2.32. The second kappa shape index (κ2) is 11.7. The monoisotopic (exact) mass is 490 g/mol. The van der Waals surface area contributed by atoms with E-state index in [4.69, 9.17) is 14.2 Å². The number of esters is 2. The van der Waals surface area contributed by atoms with Gasteiger partial charge in [0.25, 0.3) is 0 Å². The number of rotatable bonds is 6. The molecule has 0 saturated carbocycles. The summed E-state index contributed by atoms with van der Waals surface area (Å²) in [4.78, 5) is 25.7. The number of benzene rings is 2. The average molecular weight is 491 g/mol. The van der Waals surface area contributed by atoms with E-state index in [2.05, 4.69) is 12.7 Å². The molecule has 2 aromatic rings. The number of allylic oxidation sites excluding steroid dienone is 1. The highest BCUT2D eigenvalue weighted by atomic mass is 16.6. The zero-order valence-electron chi connectivity index (χ0n) is 20.8. The largest absolute Gasteiger partial charge is 0.459 e. The standard InChI is InChI=1S/C30H34O6/c1-19-11-10-12-20(2)26(31)28-24(21(3)29(32)36-28)17-25(19)35-27(23-15-8-5-9-16-23)30(33)34-18-22-13-6-4-7-14-22/h4-9,11,13-16,20,24-28,31H,3,10,12,17-18H2,1-2H3/b19-11+/t20-,24?,25-,26+,27?,28-/m0/s1. The summed E-state index contributed by atoms with van der Waals surface area (Å²) in [6, 6.07) is 18.8. The number of hydrogen-bond acceptors (Lipinski definition) is 6. The summed E-state index contributed by atoms with van der Waals surface area (Å²) in [5.41, 5.74) is 2.86. The molecule has 2 aromatic carbocycles. The van der Waals surface area contributed by atoms with Crippen LogP contribution in [0, 0.1) is 11.8 Å². The van der Waals surface area contributed by atoms with Gasteiger partial charge in [-0.3, -0.25) is 0 Å². The first-order valence-electron chi connectivity index (χ1n) is 12.5. The Balaban J connectivity index is 1.61. The minimum atomic E-state index is -0.959. The first-order chi connectivity index (χ1) is 17.3. The first-order valence-corrected chi connectivity index (χ1v) is 12.5. The lowest BCUT2D eigenvalue weighted by molar-refractivity contribution is -0.163. The maximum Gasteiger partial charge on any atom is 0.340 e. The van der Waals surface area contributed by atoms with Crippen LogP contribution in [0.2, 0.25) is 0 Å². The van der Waals surface area contributed by atoms with Crippen molar-refractivity contribution in [3.63, 3.8) is 0 Å². The molecule has 1 fully saturated rings. The van der Waals surface area contributed by atoms with Crippen LogP contribution in [0.3, 0.4) is 0 Å². The highest BCUT2D eigenvalue weighted by Gasteiger charge is 2.46. The minimum absolute atomic E-state index is 0.0391. The highest BCUT2D eigenvalue weighted by Crippen LogP contribution is 2.39. The van der Waals surface area contributed by atoms with Crippen LogP contribution in [0.1, 0.15) is 50.3 Å². The second-order valence-electron chi connectivity index (χ2n) is 9.74. The van der Waals surface area contributed by atoms with Gasteiger partial charge < -0.3 is 19.3 Å². The van der Waals surface area contributed by atoms with Crippen molar-refractivity contribution < 1.29 is 28.9 Å². The van der Waals surface area contributed by atoms with Crippen LogP contribution in [0.25, 0.3) is 0 Å². The number of ether oxygens (including phenoxy) is 3. The molecule has 2 unspecified atom stereocenters. The molecule has 2 aliphatic rings. The molecule has 0 radical (unpaired) electrons. The SMILES string of the molecule is C=C1C(=O)O[C@H]2C1C[C@H](OC(C(=O)OCc1ccccc1)c1ccccc1)/C(C)=C/CC[C@H](C)[C@H]2O. The van der Waals surface area contributed by atoms with E-state index in [9.17, 15) is 14.7 Å². The van der Waals surface area contributed by atoms with Crippen LogP contribution in [-0.4, -0.2) is 35.4 Å². The molecule has 0 aromatic heterocycles. The Morgan fingerprint density at radius 1 is 1.14 bits per heavy atom. The summed E-state index contributed by atoms with van der Waals surface area (Å²) < 4.78 is 17.7. The third kappa shape index (κ3) is 5.94. The Hall–Kier alpha value is -3.22. The Bertz CT molecular complexity index is 1090. The van der Waals surface area contributed by atoms with Gasteiger partial charge in [-0.2, -0.15) is 0 Å². The predicted molar refractivity (Wildman–Crippen MR) is 136 cm³/mol. The van der Waals surface area contributed by atoms with Crippen LogP contribution < -0.4 is 0 Å². The molecule has 6 nitrogen and oxygen atoms in total. The fourth-order valence-corrected chi connectivity index (χ4v) is 4.86. The average Bonchev–Trinajstić information content (AvgIpc) is 3.18. The normalized spacial score (nSPS) is 28.9. The van der Waals surface area contributed by atoms with E-state index in [1.54, 1.807) is 0 Å². The number of fused-ring (bicyclic) bond motifs is 1. The molecule has 6 heteroatoms. The molecule has 0 amide bonds. The van der Waals surface area contributed by atoms with Crippen molar-refractivity contribution >= 4 is 11.9 Å². The smallest absolute Gasteiger partial charge is 0.340 e. The van der Waals surface area contributed by atoms with Crippen molar-refractivity contribution in [2.75, 3.05) is 0 Å². The number of aliphatic hydroxyl groups is 1. The van der Waals surface area contributed by atoms with Crippen molar-refractivity contribution in [1.29, 1.82) is 0 Å². The molecule has 190 valence electrons. The number of carbonyl (C=O) groups excluding carboxylic acids is 2. The van der Waals surface area contributed by atoms with Gasteiger partial charge in [-0.1, -0.05) is 80.2 Å². The van der Waals surface area contributed by atoms with Crippen LogP contribution in [0.15, 0.2) is 84.5 Å². The molecule has 1 aliphatic carbocycles. The molecular weight excluding hydrogens is 456 g/mol. The molecule has 4 rings (SSSR count). The molecule has 1 aliphatic heterocycles. The van der Waals surface area contributed by atoms with Crippen LogP contribution >= 0.6 is 0 Å². The number of aliphatic hydroxyl groups excluding tert-OH is 1. The van der Waals surface area contributed by atoms with Gasteiger partial charge in [0.05, 0.1) is 12.2 Å². The molecule has 0 bridgehead atoms. The van der Waals surface area contributed by atoms with Crippen LogP contribution in [0.4, 0.5) is 0 Å². The van der Waals surface area contributed by atoms with Crippen molar-refractivity contribution in [1.82, 2.24) is 0 Å². The third-order valence-electron chi connectivity index (χ3n) is 7.17. The Kier molecular flexibility index (Phi) is 8.39. The summed E-state index contributed by atoms with van der Waals surface area (Å²) in [6.45, 7) is 8.02. The summed E-state index contributed by atoms with van der Waals surface area (Å²) >= 11 is 0. The minimum Gasteiger partial charge on any atom is -0.459 e. The van der Waals surface area contributed by atoms with E-state index in [0.717, 1.165) is 24.0 Å². The van der Waals surface area contributed by atoms with Gasteiger partial charge in [0.15, 0.2) is 6.10 Å². The summed E-state index contributed by atoms with van der Waals surface area (Å²) in [5, 5.41) is 10.9. The zero-order valence-corrected chi connectivity index (χ0v) is 20.8.